The average molecular weight is 268 g/mol. The first-order valence-corrected chi connectivity index (χ1v) is 5.36. The van der Waals surface area contributed by atoms with Crippen molar-refractivity contribution in [3.63, 3.8) is 0 Å². The van der Waals surface area contributed by atoms with E-state index in [1.165, 1.54) is 13.0 Å². The fraction of sp³-hybridized carbons (Fsp3) is 0.0714. The van der Waals surface area contributed by atoms with Gasteiger partial charge in [0.25, 0.3) is 0 Å². The molecule has 0 heterocycles. The highest BCUT2D eigenvalue weighted by Crippen LogP contribution is 2.20. The van der Waals surface area contributed by atoms with Crippen LogP contribution >= 0.6 is 0 Å². The molecule has 0 bridgehead atoms. The first kappa shape index (κ1) is 13.3. The van der Waals surface area contributed by atoms with Crippen LogP contribution in [0.15, 0.2) is 30.3 Å². The molecule has 5 heteroatoms. The molecule has 0 unspecified atom stereocenters. The van der Waals surface area contributed by atoms with Crippen molar-refractivity contribution in [2.24, 2.45) is 0 Å². The van der Waals surface area contributed by atoms with Crippen LogP contribution in [0.1, 0.15) is 21.5 Å². The van der Waals surface area contributed by atoms with E-state index in [0.717, 1.165) is 18.2 Å². The van der Waals surface area contributed by atoms with Crippen LogP contribution in [0.3, 0.4) is 0 Å². The van der Waals surface area contributed by atoms with Gasteiger partial charge in [-0.25, -0.2) is 17.6 Å². The zero-order chi connectivity index (χ0) is 14.2. The van der Waals surface area contributed by atoms with Crippen molar-refractivity contribution in [2.75, 3.05) is 0 Å². The maximum atomic E-state index is 13.6. The predicted molar refractivity (Wildman–Crippen MR) is 60.9 cm³/mol. The molecule has 0 aliphatic heterocycles. The fourth-order valence-corrected chi connectivity index (χ4v) is 1.61. The minimum atomic E-state index is -1.30. The highest BCUT2D eigenvalue weighted by molar-refractivity contribution is 6.09. The fourth-order valence-electron chi connectivity index (χ4n) is 1.61. The summed E-state index contributed by atoms with van der Waals surface area (Å²) in [6.45, 7) is 1.35. The average Bonchev–Trinajstić information content (AvgIpc) is 2.39. The van der Waals surface area contributed by atoms with Crippen LogP contribution < -0.4 is 0 Å². The maximum absolute atomic E-state index is 13.6. The van der Waals surface area contributed by atoms with Crippen molar-refractivity contribution in [2.45, 2.75) is 6.92 Å². The molecule has 2 aromatic rings. The van der Waals surface area contributed by atoms with Gasteiger partial charge in [0, 0.05) is 5.56 Å². The Hall–Kier alpha value is -2.17. The van der Waals surface area contributed by atoms with E-state index >= 15 is 0 Å². The summed E-state index contributed by atoms with van der Waals surface area (Å²) in [6.07, 6.45) is 0. The van der Waals surface area contributed by atoms with E-state index in [9.17, 15) is 22.4 Å². The van der Waals surface area contributed by atoms with Gasteiger partial charge < -0.3 is 0 Å². The molecule has 0 fully saturated rings. The molecule has 1 nitrogen and oxygen atoms in total. The quantitative estimate of drug-likeness (QED) is 0.598. The van der Waals surface area contributed by atoms with E-state index in [0.29, 0.717) is 6.07 Å². The van der Waals surface area contributed by atoms with Gasteiger partial charge in [-0.05, 0) is 36.8 Å². The molecule has 0 radical (unpaired) electrons. The molecule has 19 heavy (non-hydrogen) atoms. The zero-order valence-electron chi connectivity index (χ0n) is 9.81. The normalized spacial score (nSPS) is 10.6. The molecule has 98 valence electrons. The molecular weight excluding hydrogens is 260 g/mol. The van der Waals surface area contributed by atoms with E-state index in [1.807, 2.05) is 0 Å². The third-order valence-electron chi connectivity index (χ3n) is 2.70. The van der Waals surface area contributed by atoms with Crippen LogP contribution in [0.4, 0.5) is 17.6 Å². The van der Waals surface area contributed by atoms with Crippen molar-refractivity contribution >= 4 is 5.78 Å². The Kier molecular flexibility index (Phi) is 3.38. The first-order valence-electron chi connectivity index (χ1n) is 5.36. The molecule has 0 spiro atoms. The second-order valence-corrected chi connectivity index (χ2v) is 4.02. The highest BCUT2D eigenvalue weighted by Gasteiger charge is 2.19. The Morgan fingerprint density at radius 2 is 1.58 bits per heavy atom. The molecule has 0 aliphatic carbocycles. The summed E-state index contributed by atoms with van der Waals surface area (Å²) in [5, 5.41) is 0. The Morgan fingerprint density at radius 3 is 2.21 bits per heavy atom. The van der Waals surface area contributed by atoms with Gasteiger partial charge in [0.15, 0.2) is 29.1 Å². The molecule has 0 amide bonds. The topological polar surface area (TPSA) is 17.1 Å². The Bertz CT molecular complexity index is 665. The number of hydrogen-bond donors (Lipinski definition) is 0. The van der Waals surface area contributed by atoms with Gasteiger partial charge in [-0.15, -0.1) is 0 Å². The number of hydrogen-bond acceptors (Lipinski definition) is 1. The number of carbonyl (C=O) groups is 1. The van der Waals surface area contributed by atoms with Crippen LogP contribution in [-0.2, 0) is 0 Å². The van der Waals surface area contributed by atoms with Crippen LogP contribution in [0.2, 0.25) is 0 Å². The lowest BCUT2D eigenvalue weighted by Crippen LogP contribution is -2.07. The number of ketones is 1. The van der Waals surface area contributed by atoms with E-state index in [2.05, 4.69) is 0 Å². The third kappa shape index (κ3) is 2.36. The molecule has 2 aromatic carbocycles. The number of benzene rings is 2. The summed E-state index contributed by atoms with van der Waals surface area (Å²) in [4.78, 5) is 11.9. The second kappa shape index (κ2) is 4.84. The second-order valence-electron chi connectivity index (χ2n) is 4.02. The van der Waals surface area contributed by atoms with Crippen molar-refractivity contribution < 1.29 is 22.4 Å². The minimum Gasteiger partial charge on any atom is -0.288 e. The van der Waals surface area contributed by atoms with Crippen LogP contribution in [0, 0.1) is 30.2 Å². The third-order valence-corrected chi connectivity index (χ3v) is 2.70. The van der Waals surface area contributed by atoms with E-state index < -0.39 is 34.6 Å². The van der Waals surface area contributed by atoms with E-state index in [-0.39, 0.29) is 11.1 Å². The standard InChI is InChI=1S/C14H8F4O/c1-7-2-4-9(13(18)12(7)17)14(19)8-3-5-10(15)11(16)6-8/h2-6H,1H3. The molecule has 0 atom stereocenters. The van der Waals surface area contributed by atoms with Gasteiger partial charge in [0.1, 0.15) is 0 Å². The molecule has 0 aromatic heterocycles. The Labute approximate surface area is 106 Å². The van der Waals surface area contributed by atoms with Gasteiger partial charge in [-0.2, -0.15) is 0 Å². The van der Waals surface area contributed by atoms with Crippen LogP contribution in [0.25, 0.3) is 0 Å². The summed E-state index contributed by atoms with van der Waals surface area (Å²) in [5.41, 5.74) is -0.713. The van der Waals surface area contributed by atoms with Gasteiger partial charge in [-0.3, -0.25) is 4.79 Å². The predicted octanol–water partition coefficient (Wildman–Crippen LogP) is 3.78. The number of halogens is 4. The van der Waals surface area contributed by atoms with Gasteiger partial charge in [0.05, 0.1) is 5.56 Å². The number of rotatable bonds is 2. The van der Waals surface area contributed by atoms with Crippen molar-refractivity contribution in [1.29, 1.82) is 0 Å². The summed E-state index contributed by atoms with van der Waals surface area (Å²) < 4.78 is 52.7. The molecule has 2 rings (SSSR count). The molecule has 0 aliphatic rings. The first-order chi connectivity index (χ1) is 8.91. The lowest BCUT2D eigenvalue weighted by Gasteiger charge is -2.05. The number of carbonyl (C=O) groups excluding carboxylic acids is 1. The molecule has 0 saturated heterocycles. The smallest absolute Gasteiger partial charge is 0.196 e. The Balaban J connectivity index is 2.50. The largest absolute Gasteiger partial charge is 0.288 e. The maximum Gasteiger partial charge on any atom is 0.196 e. The monoisotopic (exact) mass is 268 g/mol. The zero-order valence-corrected chi connectivity index (χ0v) is 9.81. The summed E-state index contributed by atoms with van der Waals surface area (Å²) in [6, 6.07) is 4.76. The van der Waals surface area contributed by atoms with Gasteiger partial charge >= 0.3 is 0 Å². The van der Waals surface area contributed by atoms with Crippen molar-refractivity contribution in [3.8, 4) is 0 Å². The Morgan fingerprint density at radius 1 is 0.895 bits per heavy atom. The van der Waals surface area contributed by atoms with Gasteiger partial charge in [-0.1, -0.05) is 6.07 Å². The van der Waals surface area contributed by atoms with Crippen LogP contribution in [-0.4, -0.2) is 5.78 Å². The lowest BCUT2D eigenvalue weighted by molar-refractivity contribution is 0.103. The summed E-state index contributed by atoms with van der Waals surface area (Å²) in [7, 11) is 0. The molecular formula is C14H8F4O. The SMILES string of the molecule is Cc1ccc(C(=O)c2ccc(F)c(F)c2)c(F)c1F. The molecule has 0 N–H and O–H groups in total. The highest BCUT2D eigenvalue weighted by atomic mass is 19.2. The van der Waals surface area contributed by atoms with E-state index in [1.54, 1.807) is 0 Å². The van der Waals surface area contributed by atoms with Crippen molar-refractivity contribution in [3.05, 3.63) is 70.3 Å². The van der Waals surface area contributed by atoms with Crippen molar-refractivity contribution in [1.82, 2.24) is 0 Å². The lowest BCUT2D eigenvalue weighted by atomic mass is 10.0. The summed E-state index contributed by atoms with van der Waals surface area (Å²) >= 11 is 0. The van der Waals surface area contributed by atoms with E-state index in [4.69, 9.17) is 0 Å². The van der Waals surface area contributed by atoms with Crippen LogP contribution in [0.5, 0.6) is 0 Å². The number of aryl methyl sites for hydroxylation is 1. The minimum absolute atomic E-state index is 0.0549. The van der Waals surface area contributed by atoms with Gasteiger partial charge in [0.2, 0.25) is 0 Å². The molecule has 0 saturated carbocycles. The summed E-state index contributed by atoms with van der Waals surface area (Å²) in [5.74, 6) is -5.68.